The standard InChI is InChI=1S/C20H18ClN3O/c1-24(17-8-3-2-4-9-17)19-12-11-16(14-22-19)20(25)23-13-15-7-5-6-10-18(15)21/h2-12,14H,13H2,1H3,(H,23,25). The van der Waals surface area contributed by atoms with Crippen LogP contribution in [0.3, 0.4) is 0 Å². The van der Waals surface area contributed by atoms with E-state index in [1.807, 2.05) is 66.5 Å². The Morgan fingerprint density at radius 1 is 1.04 bits per heavy atom. The number of carbonyl (C=O) groups excluding carboxylic acids is 1. The van der Waals surface area contributed by atoms with Crippen LogP contribution in [0, 0.1) is 0 Å². The molecule has 0 aliphatic rings. The monoisotopic (exact) mass is 351 g/mol. The third kappa shape index (κ3) is 4.17. The molecule has 1 N–H and O–H groups in total. The highest BCUT2D eigenvalue weighted by molar-refractivity contribution is 6.31. The van der Waals surface area contributed by atoms with Crippen LogP contribution in [0.2, 0.25) is 5.02 Å². The Balaban J connectivity index is 1.65. The fourth-order valence-electron chi connectivity index (χ4n) is 2.42. The van der Waals surface area contributed by atoms with Gasteiger partial charge in [0.25, 0.3) is 5.91 Å². The minimum absolute atomic E-state index is 0.179. The Labute approximate surface area is 152 Å². The average molecular weight is 352 g/mol. The van der Waals surface area contributed by atoms with Gasteiger partial charge >= 0.3 is 0 Å². The van der Waals surface area contributed by atoms with E-state index in [-0.39, 0.29) is 5.91 Å². The lowest BCUT2D eigenvalue weighted by Crippen LogP contribution is -2.23. The van der Waals surface area contributed by atoms with E-state index in [2.05, 4.69) is 10.3 Å². The van der Waals surface area contributed by atoms with Gasteiger partial charge in [0, 0.05) is 30.5 Å². The minimum Gasteiger partial charge on any atom is -0.348 e. The number of pyridine rings is 1. The van der Waals surface area contributed by atoms with Gasteiger partial charge < -0.3 is 10.2 Å². The Morgan fingerprint density at radius 2 is 1.76 bits per heavy atom. The summed E-state index contributed by atoms with van der Waals surface area (Å²) in [7, 11) is 1.94. The van der Waals surface area contributed by atoms with Gasteiger partial charge in [0.1, 0.15) is 5.82 Å². The van der Waals surface area contributed by atoms with Crippen LogP contribution in [0.25, 0.3) is 0 Å². The number of amides is 1. The topological polar surface area (TPSA) is 45.2 Å². The van der Waals surface area contributed by atoms with Crippen molar-refractivity contribution in [1.82, 2.24) is 10.3 Å². The molecule has 0 saturated carbocycles. The number of nitrogens with zero attached hydrogens (tertiary/aromatic N) is 2. The summed E-state index contributed by atoms with van der Waals surface area (Å²) >= 11 is 6.10. The second-order valence-electron chi connectivity index (χ2n) is 5.57. The molecule has 4 nitrogen and oxygen atoms in total. The largest absolute Gasteiger partial charge is 0.348 e. The number of benzene rings is 2. The van der Waals surface area contributed by atoms with Crippen LogP contribution >= 0.6 is 11.6 Å². The van der Waals surface area contributed by atoms with E-state index in [4.69, 9.17) is 11.6 Å². The summed E-state index contributed by atoms with van der Waals surface area (Å²) in [4.78, 5) is 18.6. The van der Waals surface area contributed by atoms with Gasteiger partial charge in [-0.25, -0.2) is 4.98 Å². The Morgan fingerprint density at radius 3 is 2.44 bits per heavy atom. The molecule has 3 rings (SSSR count). The first-order valence-electron chi connectivity index (χ1n) is 7.91. The number of hydrogen-bond acceptors (Lipinski definition) is 3. The van der Waals surface area contributed by atoms with Gasteiger partial charge in [-0.2, -0.15) is 0 Å². The van der Waals surface area contributed by atoms with Crippen LogP contribution in [0.15, 0.2) is 72.9 Å². The summed E-state index contributed by atoms with van der Waals surface area (Å²) in [5, 5.41) is 3.50. The number of para-hydroxylation sites is 1. The average Bonchev–Trinajstić information content (AvgIpc) is 2.67. The number of rotatable bonds is 5. The van der Waals surface area contributed by atoms with E-state index in [9.17, 15) is 4.79 Å². The smallest absolute Gasteiger partial charge is 0.253 e. The van der Waals surface area contributed by atoms with Crippen molar-refractivity contribution in [2.75, 3.05) is 11.9 Å². The van der Waals surface area contributed by atoms with E-state index in [1.54, 1.807) is 18.3 Å². The van der Waals surface area contributed by atoms with Crippen LogP contribution < -0.4 is 10.2 Å². The van der Waals surface area contributed by atoms with Gasteiger partial charge in [0.15, 0.2) is 0 Å². The van der Waals surface area contributed by atoms with Crippen molar-refractivity contribution in [3.8, 4) is 0 Å². The fourth-order valence-corrected chi connectivity index (χ4v) is 2.62. The van der Waals surface area contributed by atoms with Crippen molar-refractivity contribution in [3.05, 3.63) is 89.1 Å². The molecule has 1 aromatic heterocycles. The molecule has 0 saturated heterocycles. The number of nitrogens with one attached hydrogen (secondary N) is 1. The van der Waals surface area contributed by atoms with E-state index in [0.717, 1.165) is 17.1 Å². The highest BCUT2D eigenvalue weighted by Crippen LogP contribution is 2.21. The number of carbonyl (C=O) groups is 1. The van der Waals surface area contributed by atoms with Crippen LogP contribution in [0.1, 0.15) is 15.9 Å². The van der Waals surface area contributed by atoms with Gasteiger partial charge in [-0.15, -0.1) is 0 Å². The van der Waals surface area contributed by atoms with Crippen molar-refractivity contribution in [3.63, 3.8) is 0 Å². The SMILES string of the molecule is CN(c1ccccc1)c1ccc(C(=O)NCc2ccccc2Cl)cn1. The Hall–Kier alpha value is -2.85. The molecule has 0 aliphatic carbocycles. The summed E-state index contributed by atoms with van der Waals surface area (Å²) in [6.45, 7) is 0.379. The summed E-state index contributed by atoms with van der Waals surface area (Å²) in [5.41, 5.74) is 2.43. The number of aromatic nitrogens is 1. The molecule has 0 spiro atoms. The molecule has 3 aromatic rings. The lowest BCUT2D eigenvalue weighted by atomic mass is 10.2. The molecular weight excluding hydrogens is 334 g/mol. The predicted molar refractivity (Wildman–Crippen MR) is 101 cm³/mol. The van der Waals surface area contributed by atoms with Crippen molar-refractivity contribution in [2.24, 2.45) is 0 Å². The fraction of sp³-hybridized carbons (Fsp3) is 0.100. The molecule has 25 heavy (non-hydrogen) atoms. The molecule has 1 amide bonds. The molecule has 126 valence electrons. The van der Waals surface area contributed by atoms with Crippen molar-refractivity contribution in [2.45, 2.75) is 6.54 Å². The lowest BCUT2D eigenvalue weighted by Gasteiger charge is -2.18. The van der Waals surface area contributed by atoms with Crippen LogP contribution in [-0.4, -0.2) is 17.9 Å². The Bertz CT molecular complexity index is 850. The maximum atomic E-state index is 12.3. The zero-order valence-electron chi connectivity index (χ0n) is 13.8. The van der Waals surface area contributed by atoms with Gasteiger partial charge in [-0.1, -0.05) is 48.0 Å². The van der Waals surface area contributed by atoms with Crippen LogP contribution in [-0.2, 0) is 6.54 Å². The second-order valence-corrected chi connectivity index (χ2v) is 5.98. The van der Waals surface area contributed by atoms with Crippen molar-refractivity contribution < 1.29 is 4.79 Å². The maximum Gasteiger partial charge on any atom is 0.253 e. The normalized spacial score (nSPS) is 10.3. The van der Waals surface area contributed by atoms with Crippen molar-refractivity contribution >= 4 is 29.0 Å². The van der Waals surface area contributed by atoms with Gasteiger partial charge in [0.05, 0.1) is 5.56 Å². The molecule has 0 unspecified atom stereocenters. The molecule has 5 heteroatoms. The predicted octanol–water partition coefficient (Wildman–Crippen LogP) is 4.43. The van der Waals surface area contributed by atoms with Crippen LogP contribution in [0.5, 0.6) is 0 Å². The quantitative estimate of drug-likeness (QED) is 0.739. The molecule has 1 heterocycles. The third-order valence-electron chi connectivity index (χ3n) is 3.89. The molecule has 0 atom stereocenters. The zero-order chi connectivity index (χ0) is 17.6. The van der Waals surface area contributed by atoms with E-state index in [0.29, 0.717) is 17.1 Å². The second kappa shape index (κ2) is 7.81. The number of halogens is 1. The third-order valence-corrected chi connectivity index (χ3v) is 4.26. The first kappa shape index (κ1) is 17.0. The highest BCUT2D eigenvalue weighted by Gasteiger charge is 2.09. The zero-order valence-corrected chi connectivity index (χ0v) is 14.6. The lowest BCUT2D eigenvalue weighted by molar-refractivity contribution is 0.0950. The highest BCUT2D eigenvalue weighted by atomic mass is 35.5. The first-order chi connectivity index (χ1) is 12.1. The Kier molecular flexibility index (Phi) is 5.31. The minimum atomic E-state index is -0.179. The van der Waals surface area contributed by atoms with Gasteiger partial charge in [0.2, 0.25) is 0 Å². The van der Waals surface area contributed by atoms with E-state index < -0.39 is 0 Å². The molecule has 2 aromatic carbocycles. The van der Waals surface area contributed by atoms with E-state index in [1.165, 1.54) is 0 Å². The molecule has 0 radical (unpaired) electrons. The van der Waals surface area contributed by atoms with Crippen molar-refractivity contribution in [1.29, 1.82) is 0 Å². The summed E-state index contributed by atoms with van der Waals surface area (Å²) < 4.78 is 0. The molecule has 0 bridgehead atoms. The number of anilines is 2. The van der Waals surface area contributed by atoms with Crippen LogP contribution in [0.4, 0.5) is 11.5 Å². The molecule has 0 aliphatic heterocycles. The van der Waals surface area contributed by atoms with Gasteiger partial charge in [-0.3, -0.25) is 4.79 Å². The first-order valence-corrected chi connectivity index (χ1v) is 8.29. The van der Waals surface area contributed by atoms with E-state index >= 15 is 0 Å². The maximum absolute atomic E-state index is 12.3. The molecular formula is C20H18ClN3O. The number of hydrogen-bond donors (Lipinski definition) is 1. The summed E-state index contributed by atoms with van der Waals surface area (Å²) in [6.07, 6.45) is 1.58. The summed E-state index contributed by atoms with van der Waals surface area (Å²) in [5.74, 6) is 0.593. The summed E-state index contributed by atoms with van der Waals surface area (Å²) in [6, 6.07) is 21.0. The molecule has 0 fully saturated rings. The van der Waals surface area contributed by atoms with Gasteiger partial charge in [-0.05, 0) is 35.9 Å².